The summed E-state index contributed by atoms with van der Waals surface area (Å²) in [7, 11) is 0. The van der Waals surface area contributed by atoms with Gasteiger partial charge in [-0.1, -0.05) is 0 Å². The molecule has 0 saturated carbocycles. The van der Waals surface area contributed by atoms with Gasteiger partial charge in [0.2, 0.25) is 0 Å². The summed E-state index contributed by atoms with van der Waals surface area (Å²) in [6, 6.07) is 4.83. The molecule has 2 aromatic rings. The van der Waals surface area contributed by atoms with Gasteiger partial charge in [0.05, 0.1) is 18.5 Å². The van der Waals surface area contributed by atoms with Crippen molar-refractivity contribution in [3.05, 3.63) is 36.0 Å². The highest BCUT2D eigenvalue weighted by Gasteiger charge is 2.08. The third kappa shape index (κ3) is 3.32. The second kappa shape index (κ2) is 6.33. The Morgan fingerprint density at radius 2 is 2.26 bits per heavy atom. The number of aliphatic hydroxyl groups excluding tert-OH is 1. The molecule has 102 valence electrons. The highest BCUT2D eigenvalue weighted by Crippen LogP contribution is 2.24. The van der Waals surface area contributed by atoms with E-state index < -0.39 is 0 Å². The first kappa shape index (κ1) is 13.5. The number of imidazole rings is 1. The summed E-state index contributed by atoms with van der Waals surface area (Å²) in [6.07, 6.45) is 3.00. The van der Waals surface area contributed by atoms with Crippen LogP contribution >= 0.6 is 0 Å². The maximum atomic E-state index is 13.7. The molecule has 0 spiro atoms. The van der Waals surface area contributed by atoms with E-state index in [0.717, 1.165) is 17.1 Å². The first-order valence-corrected chi connectivity index (χ1v) is 6.32. The Balaban J connectivity index is 2.17. The zero-order chi connectivity index (χ0) is 13.7. The van der Waals surface area contributed by atoms with Gasteiger partial charge < -0.3 is 14.8 Å². The lowest BCUT2D eigenvalue weighted by atomic mass is 10.1. The van der Waals surface area contributed by atoms with Crippen LogP contribution in [0, 0.1) is 5.82 Å². The molecule has 1 aromatic carbocycles. The van der Waals surface area contributed by atoms with Crippen molar-refractivity contribution in [2.45, 2.75) is 19.8 Å². The van der Waals surface area contributed by atoms with Crippen molar-refractivity contribution in [3.63, 3.8) is 0 Å². The first-order valence-electron chi connectivity index (χ1n) is 6.32. The van der Waals surface area contributed by atoms with Crippen LogP contribution in [-0.4, -0.2) is 28.3 Å². The minimum Gasteiger partial charge on any atom is -0.491 e. The summed E-state index contributed by atoms with van der Waals surface area (Å²) >= 11 is 0. The van der Waals surface area contributed by atoms with Gasteiger partial charge in [-0.15, -0.1) is 0 Å². The van der Waals surface area contributed by atoms with Crippen molar-refractivity contribution in [2.75, 3.05) is 13.2 Å². The minimum atomic E-state index is -0.383. The molecule has 1 heterocycles. The number of H-pyrrole nitrogens is 1. The molecule has 0 radical (unpaired) electrons. The number of aliphatic hydroxyl groups is 1. The Morgan fingerprint density at radius 1 is 1.42 bits per heavy atom. The van der Waals surface area contributed by atoms with E-state index in [4.69, 9.17) is 9.84 Å². The molecule has 0 amide bonds. The van der Waals surface area contributed by atoms with E-state index in [2.05, 4.69) is 9.97 Å². The molecule has 0 aliphatic carbocycles. The monoisotopic (exact) mass is 264 g/mol. The minimum absolute atomic E-state index is 0.133. The maximum Gasteiger partial charge on any atom is 0.165 e. The number of aromatic amines is 1. The highest BCUT2D eigenvalue weighted by atomic mass is 19.1. The molecule has 2 rings (SSSR count). The molecule has 0 aliphatic rings. The van der Waals surface area contributed by atoms with Crippen molar-refractivity contribution in [2.24, 2.45) is 0 Å². The predicted molar refractivity (Wildman–Crippen MR) is 70.6 cm³/mol. The van der Waals surface area contributed by atoms with Gasteiger partial charge in [-0.25, -0.2) is 9.37 Å². The number of rotatable bonds is 6. The molecule has 0 atom stereocenters. The van der Waals surface area contributed by atoms with Crippen molar-refractivity contribution < 1.29 is 14.2 Å². The van der Waals surface area contributed by atoms with E-state index in [1.54, 1.807) is 18.3 Å². The molecular weight excluding hydrogens is 247 g/mol. The number of aromatic nitrogens is 2. The van der Waals surface area contributed by atoms with Crippen LogP contribution in [-0.2, 0) is 6.42 Å². The van der Waals surface area contributed by atoms with Gasteiger partial charge in [-0.3, -0.25) is 0 Å². The van der Waals surface area contributed by atoms with Gasteiger partial charge in [0.25, 0.3) is 0 Å². The molecule has 4 nitrogen and oxygen atoms in total. The first-order chi connectivity index (χ1) is 9.24. The fourth-order valence-electron chi connectivity index (χ4n) is 1.82. The van der Waals surface area contributed by atoms with Gasteiger partial charge >= 0.3 is 0 Å². The summed E-state index contributed by atoms with van der Waals surface area (Å²) in [5.74, 6) is 0.662. The van der Waals surface area contributed by atoms with Crippen LogP contribution < -0.4 is 4.74 Å². The summed E-state index contributed by atoms with van der Waals surface area (Å²) in [5.41, 5.74) is 1.48. The fourth-order valence-corrected chi connectivity index (χ4v) is 1.82. The van der Waals surface area contributed by atoms with Crippen LogP contribution in [0.15, 0.2) is 24.4 Å². The quantitative estimate of drug-likeness (QED) is 0.843. The molecule has 0 fully saturated rings. The second-order valence-corrected chi connectivity index (χ2v) is 4.15. The third-order valence-corrected chi connectivity index (χ3v) is 2.74. The number of hydrogen-bond donors (Lipinski definition) is 2. The van der Waals surface area contributed by atoms with E-state index in [0.29, 0.717) is 19.4 Å². The van der Waals surface area contributed by atoms with Gasteiger partial charge in [0.1, 0.15) is 5.82 Å². The van der Waals surface area contributed by atoms with Crippen LogP contribution in [0.2, 0.25) is 0 Å². The second-order valence-electron chi connectivity index (χ2n) is 4.15. The van der Waals surface area contributed by atoms with Crippen molar-refractivity contribution in [1.29, 1.82) is 0 Å². The van der Waals surface area contributed by atoms with E-state index in [1.165, 1.54) is 6.07 Å². The topological polar surface area (TPSA) is 58.1 Å². The Kier molecular flexibility index (Phi) is 4.52. The van der Waals surface area contributed by atoms with Crippen LogP contribution in [0.3, 0.4) is 0 Å². The van der Waals surface area contributed by atoms with Gasteiger partial charge in [-0.05, 0) is 31.5 Å². The highest BCUT2D eigenvalue weighted by molar-refractivity contribution is 5.59. The van der Waals surface area contributed by atoms with Crippen LogP contribution in [0.1, 0.15) is 19.2 Å². The molecule has 19 heavy (non-hydrogen) atoms. The van der Waals surface area contributed by atoms with Crippen LogP contribution in [0.4, 0.5) is 4.39 Å². The summed E-state index contributed by atoms with van der Waals surface area (Å²) in [5, 5.41) is 8.76. The van der Waals surface area contributed by atoms with Crippen LogP contribution in [0.5, 0.6) is 5.75 Å². The molecule has 2 N–H and O–H groups in total. The molecule has 0 aliphatic heterocycles. The number of aryl methyl sites for hydroxylation is 1. The summed E-state index contributed by atoms with van der Waals surface area (Å²) in [6.45, 7) is 2.38. The fraction of sp³-hybridized carbons (Fsp3) is 0.357. The zero-order valence-corrected chi connectivity index (χ0v) is 10.8. The SMILES string of the molecule is CCOc1ccc(-c2cnc(CCCO)[nH]2)cc1F. The lowest BCUT2D eigenvalue weighted by molar-refractivity contribution is 0.287. The average molecular weight is 264 g/mol. The lowest BCUT2D eigenvalue weighted by Gasteiger charge is -2.05. The molecule has 0 saturated heterocycles. The Bertz CT molecular complexity index is 540. The average Bonchev–Trinajstić information content (AvgIpc) is 2.88. The molecule has 0 unspecified atom stereocenters. The Labute approximate surface area is 111 Å². The smallest absolute Gasteiger partial charge is 0.165 e. The Hall–Kier alpha value is -1.88. The number of benzene rings is 1. The number of nitrogens with one attached hydrogen (secondary N) is 1. The standard InChI is InChI=1S/C14H17FN2O2/c1-2-19-13-6-5-10(8-11(13)15)12-9-16-14(17-12)4-3-7-18/h5-6,8-9,18H,2-4,7H2,1H3,(H,16,17). The largest absolute Gasteiger partial charge is 0.491 e. The van der Waals surface area contributed by atoms with E-state index in [-0.39, 0.29) is 18.2 Å². The van der Waals surface area contributed by atoms with Gasteiger partial charge in [0.15, 0.2) is 11.6 Å². The van der Waals surface area contributed by atoms with Gasteiger partial charge in [-0.2, -0.15) is 0 Å². The number of ether oxygens (including phenoxy) is 1. The predicted octanol–water partition coefficient (Wildman–Crippen LogP) is 2.54. The molecule has 5 heteroatoms. The van der Waals surface area contributed by atoms with Crippen molar-refractivity contribution >= 4 is 0 Å². The maximum absolute atomic E-state index is 13.7. The number of halogens is 1. The zero-order valence-electron chi connectivity index (χ0n) is 10.8. The van der Waals surface area contributed by atoms with E-state index >= 15 is 0 Å². The summed E-state index contributed by atoms with van der Waals surface area (Å²) < 4.78 is 18.9. The number of nitrogens with zero attached hydrogens (tertiary/aromatic N) is 1. The molecular formula is C14H17FN2O2. The van der Waals surface area contributed by atoms with E-state index in [1.807, 2.05) is 6.92 Å². The molecule has 1 aromatic heterocycles. The molecule has 0 bridgehead atoms. The van der Waals surface area contributed by atoms with Crippen molar-refractivity contribution in [1.82, 2.24) is 9.97 Å². The summed E-state index contributed by atoms with van der Waals surface area (Å²) in [4.78, 5) is 7.31. The lowest BCUT2D eigenvalue weighted by Crippen LogP contribution is -1.95. The van der Waals surface area contributed by atoms with Crippen LogP contribution in [0.25, 0.3) is 11.3 Å². The third-order valence-electron chi connectivity index (χ3n) is 2.74. The Morgan fingerprint density at radius 3 is 2.95 bits per heavy atom. The van der Waals surface area contributed by atoms with Gasteiger partial charge in [0, 0.05) is 18.6 Å². The number of hydrogen-bond acceptors (Lipinski definition) is 3. The van der Waals surface area contributed by atoms with Crippen molar-refractivity contribution in [3.8, 4) is 17.0 Å². The normalized spacial score (nSPS) is 10.7. The van der Waals surface area contributed by atoms with E-state index in [9.17, 15) is 4.39 Å².